The predicted octanol–water partition coefficient (Wildman–Crippen LogP) is 1.96. The van der Waals surface area contributed by atoms with Crippen molar-refractivity contribution >= 4 is 20.0 Å². The van der Waals surface area contributed by atoms with E-state index in [1.54, 1.807) is 6.07 Å². The van der Waals surface area contributed by atoms with E-state index < -0.39 is 37.3 Å². The summed E-state index contributed by atoms with van der Waals surface area (Å²) in [5.74, 6) is -0.654. The minimum Gasteiger partial charge on any atom is -0.433 e. The zero-order chi connectivity index (χ0) is 17.1. The molecule has 0 radical (unpaired) electrons. The summed E-state index contributed by atoms with van der Waals surface area (Å²) in [6.07, 6.45) is 0. The lowest BCUT2D eigenvalue weighted by molar-refractivity contribution is -0.0517. The van der Waals surface area contributed by atoms with Gasteiger partial charge in [0.15, 0.2) is 0 Å². The number of para-hydroxylation sites is 1. The molecule has 124 valence electrons. The minimum absolute atomic E-state index is 0.282. The van der Waals surface area contributed by atoms with E-state index in [9.17, 15) is 25.6 Å². The van der Waals surface area contributed by atoms with Gasteiger partial charge < -0.3 is 4.74 Å². The van der Waals surface area contributed by atoms with Crippen molar-refractivity contribution in [3.8, 4) is 5.75 Å². The standard InChI is InChI=1S/C13H11F2NO5S2/c14-13(15)21-11-8-4-5-9-12(11)23(19,20)16-22(17,18)10-6-2-1-3-7-10/h1-9,13,16H. The number of hydrogen-bond donors (Lipinski definition) is 1. The van der Waals surface area contributed by atoms with Crippen molar-refractivity contribution in [2.75, 3.05) is 0 Å². The van der Waals surface area contributed by atoms with Crippen LogP contribution in [0.3, 0.4) is 0 Å². The average Bonchev–Trinajstić information content (AvgIpc) is 2.47. The molecule has 1 N–H and O–H groups in total. The molecule has 0 unspecified atom stereocenters. The summed E-state index contributed by atoms with van der Waals surface area (Å²) in [6.45, 7) is -3.25. The van der Waals surface area contributed by atoms with E-state index in [-0.39, 0.29) is 4.90 Å². The molecule has 0 saturated heterocycles. The SMILES string of the molecule is O=S(=O)(NS(=O)(=O)c1ccccc1OC(F)F)c1ccccc1. The summed E-state index contributed by atoms with van der Waals surface area (Å²) in [7, 11) is -9.03. The van der Waals surface area contributed by atoms with Crippen LogP contribution in [0.1, 0.15) is 0 Å². The van der Waals surface area contributed by atoms with Crippen LogP contribution in [-0.4, -0.2) is 23.4 Å². The normalized spacial score (nSPS) is 12.3. The van der Waals surface area contributed by atoms with Crippen LogP contribution in [0.4, 0.5) is 8.78 Å². The molecule has 0 fully saturated rings. The van der Waals surface area contributed by atoms with Crippen molar-refractivity contribution < 1.29 is 30.4 Å². The molecular weight excluding hydrogens is 352 g/mol. The average molecular weight is 363 g/mol. The van der Waals surface area contributed by atoms with Gasteiger partial charge >= 0.3 is 6.61 Å². The number of halogens is 2. The molecule has 2 aromatic rings. The number of nitrogens with one attached hydrogen (secondary N) is 1. The third-order valence-electron chi connectivity index (χ3n) is 2.63. The highest BCUT2D eigenvalue weighted by molar-refractivity contribution is 8.04. The molecule has 6 nitrogen and oxygen atoms in total. The van der Waals surface area contributed by atoms with Crippen molar-refractivity contribution in [2.45, 2.75) is 16.4 Å². The van der Waals surface area contributed by atoms with Gasteiger partial charge in [0.05, 0.1) is 4.90 Å². The Balaban J connectivity index is 2.41. The second kappa shape index (κ2) is 6.60. The number of ether oxygens (including phenoxy) is 1. The van der Waals surface area contributed by atoms with Gasteiger partial charge in [-0.1, -0.05) is 30.3 Å². The molecule has 23 heavy (non-hydrogen) atoms. The van der Waals surface area contributed by atoms with Gasteiger partial charge in [-0.2, -0.15) is 8.78 Å². The van der Waals surface area contributed by atoms with Crippen LogP contribution in [0.5, 0.6) is 5.75 Å². The maximum atomic E-state index is 12.3. The van der Waals surface area contributed by atoms with Gasteiger partial charge in [-0.05, 0) is 24.3 Å². The fraction of sp³-hybridized carbons (Fsp3) is 0.0769. The van der Waals surface area contributed by atoms with E-state index in [1.807, 2.05) is 0 Å². The Hall–Kier alpha value is -2.04. The monoisotopic (exact) mass is 363 g/mol. The van der Waals surface area contributed by atoms with Crippen LogP contribution < -0.4 is 8.86 Å². The Morgan fingerprint density at radius 1 is 0.826 bits per heavy atom. The molecule has 2 rings (SSSR count). The molecule has 0 spiro atoms. The molecule has 0 aliphatic rings. The Morgan fingerprint density at radius 3 is 2.00 bits per heavy atom. The third kappa shape index (κ3) is 4.24. The van der Waals surface area contributed by atoms with E-state index in [1.165, 1.54) is 40.5 Å². The van der Waals surface area contributed by atoms with Crippen molar-refractivity contribution in [1.82, 2.24) is 4.13 Å². The summed E-state index contributed by atoms with van der Waals surface area (Å²) >= 11 is 0. The number of hydrogen-bond acceptors (Lipinski definition) is 5. The molecule has 0 aliphatic carbocycles. The first-order chi connectivity index (χ1) is 10.7. The van der Waals surface area contributed by atoms with E-state index in [4.69, 9.17) is 0 Å². The third-order valence-corrected chi connectivity index (χ3v) is 6.19. The van der Waals surface area contributed by atoms with E-state index in [2.05, 4.69) is 4.74 Å². The van der Waals surface area contributed by atoms with Crippen LogP contribution in [0.2, 0.25) is 0 Å². The molecule has 0 saturated carbocycles. The molecule has 10 heteroatoms. The van der Waals surface area contributed by atoms with Crippen LogP contribution >= 0.6 is 0 Å². The summed E-state index contributed by atoms with van der Waals surface area (Å²) in [6, 6.07) is 11.3. The lowest BCUT2D eigenvalue weighted by Crippen LogP contribution is -2.31. The summed E-state index contributed by atoms with van der Waals surface area (Å²) in [4.78, 5) is -0.990. The summed E-state index contributed by atoms with van der Waals surface area (Å²) in [5, 5.41) is 0. The van der Waals surface area contributed by atoms with Gasteiger partial charge in [0.25, 0.3) is 20.0 Å². The Morgan fingerprint density at radius 2 is 1.39 bits per heavy atom. The van der Waals surface area contributed by atoms with Crippen molar-refractivity contribution in [3.05, 3.63) is 54.6 Å². The van der Waals surface area contributed by atoms with Crippen LogP contribution in [-0.2, 0) is 20.0 Å². The van der Waals surface area contributed by atoms with Gasteiger partial charge in [0.1, 0.15) is 10.6 Å². The minimum atomic E-state index is -4.64. The number of rotatable bonds is 6. The highest BCUT2D eigenvalue weighted by Gasteiger charge is 2.27. The van der Waals surface area contributed by atoms with Crippen LogP contribution in [0, 0.1) is 0 Å². The fourth-order valence-corrected chi connectivity index (χ4v) is 4.76. The molecule has 0 aliphatic heterocycles. The number of sulfonamides is 2. The highest BCUT2D eigenvalue weighted by Crippen LogP contribution is 2.25. The molecule has 0 atom stereocenters. The molecule has 0 bridgehead atoms. The van der Waals surface area contributed by atoms with Gasteiger partial charge in [-0.15, -0.1) is 4.13 Å². The predicted molar refractivity (Wildman–Crippen MR) is 77.0 cm³/mol. The fourth-order valence-electron chi connectivity index (χ4n) is 1.70. The second-order valence-electron chi connectivity index (χ2n) is 4.23. The van der Waals surface area contributed by atoms with Crippen molar-refractivity contribution in [2.24, 2.45) is 0 Å². The summed E-state index contributed by atoms with van der Waals surface area (Å²) in [5.41, 5.74) is 0. The number of alkyl halides is 2. The molecule has 0 aromatic heterocycles. The lowest BCUT2D eigenvalue weighted by atomic mass is 10.3. The largest absolute Gasteiger partial charge is 0.433 e. The molecule has 2 aromatic carbocycles. The first-order valence-corrected chi connectivity index (χ1v) is 9.06. The van der Waals surface area contributed by atoms with E-state index in [0.717, 1.165) is 12.1 Å². The zero-order valence-electron chi connectivity index (χ0n) is 11.4. The molecule has 0 amide bonds. The quantitative estimate of drug-likeness (QED) is 0.847. The smallest absolute Gasteiger partial charge is 0.387 e. The van der Waals surface area contributed by atoms with Crippen LogP contribution in [0.25, 0.3) is 0 Å². The summed E-state index contributed by atoms with van der Waals surface area (Å²) < 4.78 is 78.8. The highest BCUT2D eigenvalue weighted by atomic mass is 32.3. The second-order valence-corrected chi connectivity index (χ2v) is 7.82. The molecule has 0 heterocycles. The van der Waals surface area contributed by atoms with Gasteiger partial charge in [-0.3, -0.25) is 0 Å². The van der Waals surface area contributed by atoms with E-state index in [0.29, 0.717) is 0 Å². The Labute approximate surface area is 131 Å². The van der Waals surface area contributed by atoms with Gasteiger partial charge in [-0.25, -0.2) is 16.8 Å². The first kappa shape index (κ1) is 17.3. The van der Waals surface area contributed by atoms with E-state index >= 15 is 0 Å². The van der Waals surface area contributed by atoms with Crippen molar-refractivity contribution in [1.29, 1.82) is 0 Å². The van der Waals surface area contributed by atoms with Gasteiger partial charge in [0, 0.05) is 0 Å². The Kier molecular flexibility index (Phi) is 4.97. The van der Waals surface area contributed by atoms with Crippen LogP contribution in [0.15, 0.2) is 64.4 Å². The zero-order valence-corrected chi connectivity index (χ0v) is 13.0. The van der Waals surface area contributed by atoms with Gasteiger partial charge in [0.2, 0.25) is 0 Å². The number of benzene rings is 2. The molecular formula is C13H11F2NO5S2. The Bertz CT molecular complexity index is 884. The maximum Gasteiger partial charge on any atom is 0.387 e. The topological polar surface area (TPSA) is 89.5 Å². The lowest BCUT2D eigenvalue weighted by Gasteiger charge is -2.12. The first-order valence-electron chi connectivity index (χ1n) is 6.10. The van der Waals surface area contributed by atoms with Crippen molar-refractivity contribution in [3.63, 3.8) is 0 Å². The maximum absolute atomic E-state index is 12.3.